The summed E-state index contributed by atoms with van der Waals surface area (Å²) in [6, 6.07) is 1.83. The minimum atomic E-state index is -0.0732. The van der Waals surface area contributed by atoms with Crippen LogP contribution in [-0.4, -0.2) is 41.5 Å². The molecule has 0 aliphatic carbocycles. The molecule has 0 unspecified atom stereocenters. The van der Waals surface area contributed by atoms with Crippen LogP contribution < -0.4 is 10.9 Å². The van der Waals surface area contributed by atoms with E-state index in [1.54, 1.807) is 11.7 Å². The SMILES string of the molecule is CCCCNC(=O)CSc1nc2ccsc2c(=O)n1CCOC. The van der Waals surface area contributed by atoms with Crippen molar-refractivity contribution in [1.29, 1.82) is 0 Å². The number of thiophene rings is 1. The topological polar surface area (TPSA) is 73.2 Å². The van der Waals surface area contributed by atoms with E-state index < -0.39 is 0 Å². The van der Waals surface area contributed by atoms with Crippen LogP contribution in [0.4, 0.5) is 0 Å². The first kappa shape index (κ1) is 18.0. The number of aromatic nitrogens is 2. The van der Waals surface area contributed by atoms with E-state index in [0.717, 1.165) is 12.8 Å². The lowest BCUT2D eigenvalue weighted by Crippen LogP contribution is -2.28. The molecule has 0 fully saturated rings. The summed E-state index contributed by atoms with van der Waals surface area (Å²) in [5.74, 6) is 0.208. The molecule has 0 saturated heterocycles. The zero-order valence-electron chi connectivity index (χ0n) is 13.3. The van der Waals surface area contributed by atoms with Gasteiger partial charge in [0.2, 0.25) is 5.91 Å². The van der Waals surface area contributed by atoms with Crippen LogP contribution in [0.5, 0.6) is 0 Å². The summed E-state index contributed by atoms with van der Waals surface area (Å²) < 4.78 is 7.29. The summed E-state index contributed by atoms with van der Waals surface area (Å²) in [7, 11) is 1.59. The molecular formula is C15H21N3O3S2. The molecule has 2 heterocycles. The summed E-state index contributed by atoms with van der Waals surface area (Å²) in [6.07, 6.45) is 2.01. The van der Waals surface area contributed by atoms with Crippen LogP contribution in [0.25, 0.3) is 10.2 Å². The van der Waals surface area contributed by atoms with Gasteiger partial charge in [0.25, 0.3) is 5.56 Å². The Kier molecular flexibility index (Phi) is 7.07. The van der Waals surface area contributed by atoms with Crippen molar-refractivity contribution >= 4 is 39.2 Å². The molecular weight excluding hydrogens is 334 g/mol. The second kappa shape index (κ2) is 9.05. The number of rotatable bonds is 9. The van der Waals surface area contributed by atoms with E-state index in [1.165, 1.54) is 23.1 Å². The predicted molar refractivity (Wildman–Crippen MR) is 94.4 cm³/mol. The van der Waals surface area contributed by atoms with Crippen LogP contribution in [0, 0.1) is 0 Å². The third-order valence-electron chi connectivity index (χ3n) is 3.23. The van der Waals surface area contributed by atoms with Crippen molar-refractivity contribution < 1.29 is 9.53 Å². The summed E-state index contributed by atoms with van der Waals surface area (Å²) in [5, 5.41) is 5.28. The second-order valence-electron chi connectivity index (χ2n) is 4.97. The summed E-state index contributed by atoms with van der Waals surface area (Å²) >= 11 is 2.67. The Labute approximate surface area is 143 Å². The van der Waals surface area contributed by atoms with Gasteiger partial charge < -0.3 is 10.1 Å². The molecule has 0 aromatic carbocycles. The molecule has 1 N–H and O–H groups in total. The maximum absolute atomic E-state index is 12.5. The molecule has 0 aliphatic heterocycles. The van der Waals surface area contributed by atoms with Crippen molar-refractivity contribution in [3.05, 3.63) is 21.8 Å². The number of ether oxygens (including phenoxy) is 1. The molecule has 0 aliphatic rings. The van der Waals surface area contributed by atoms with Gasteiger partial charge in [0.15, 0.2) is 5.16 Å². The maximum Gasteiger partial charge on any atom is 0.272 e. The molecule has 8 heteroatoms. The lowest BCUT2D eigenvalue weighted by Gasteiger charge is -2.11. The van der Waals surface area contributed by atoms with Crippen LogP contribution in [0.1, 0.15) is 19.8 Å². The first-order valence-corrected chi connectivity index (χ1v) is 9.40. The van der Waals surface area contributed by atoms with E-state index in [0.29, 0.717) is 35.1 Å². The average molecular weight is 355 g/mol. The van der Waals surface area contributed by atoms with Crippen molar-refractivity contribution in [3.8, 4) is 0 Å². The first-order chi connectivity index (χ1) is 11.2. The zero-order chi connectivity index (χ0) is 16.7. The number of hydrogen-bond donors (Lipinski definition) is 1. The van der Waals surface area contributed by atoms with E-state index in [9.17, 15) is 9.59 Å². The third-order valence-corrected chi connectivity index (χ3v) is 5.10. The number of nitrogens with zero attached hydrogens (tertiary/aromatic N) is 2. The second-order valence-corrected chi connectivity index (χ2v) is 6.83. The molecule has 0 radical (unpaired) electrons. The lowest BCUT2D eigenvalue weighted by molar-refractivity contribution is -0.118. The Morgan fingerprint density at radius 3 is 3.09 bits per heavy atom. The van der Waals surface area contributed by atoms with Crippen LogP contribution >= 0.6 is 23.1 Å². The van der Waals surface area contributed by atoms with Gasteiger partial charge in [-0.05, 0) is 17.9 Å². The highest BCUT2D eigenvalue weighted by atomic mass is 32.2. The van der Waals surface area contributed by atoms with Crippen molar-refractivity contribution in [3.63, 3.8) is 0 Å². The van der Waals surface area contributed by atoms with E-state index in [1.807, 2.05) is 11.4 Å². The van der Waals surface area contributed by atoms with Crippen LogP contribution in [0.15, 0.2) is 21.4 Å². The number of thioether (sulfide) groups is 1. The molecule has 1 amide bonds. The summed E-state index contributed by atoms with van der Waals surface area (Å²) in [5.41, 5.74) is 0.610. The van der Waals surface area contributed by atoms with E-state index in [2.05, 4.69) is 17.2 Å². The molecule has 2 aromatic rings. The molecule has 0 bridgehead atoms. The number of fused-ring (bicyclic) bond motifs is 1. The fourth-order valence-electron chi connectivity index (χ4n) is 2.00. The van der Waals surface area contributed by atoms with Crippen LogP contribution in [0.2, 0.25) is 0 Å². The number of carbonyl (C=O) groups is 1. The predicted octanol–water partition coefficient (Wildman–Crippen LogP) is 2.11. The standard InChI is InChI=1S/C15H21N3O3S2/c1-3-4-6-16-12(19)10-23-15-17-11-5-9-22-13(11)14(20)18(15)7-8-21-2/h5,9H,3-4,6-8,10H2,1-2H3,(H,16,19). The number of carbonyl (C=O) groups excluding carboxylic acids is 1. The van der Waals surface area contributed by atoms with E-state index >= 15 is 0 Å². The Hall–Kier alpha value is -1.38. The Morgan fingerprint density at radius 1 is 1.52 bits per heavy atom. The number of methoxy groups -OCH3 is 1. The summed E-state index contributed by atoms with van der Waals surface area (Å²) in [6.45, 7) is 3.61. The van der Waals surface area contributed by atoms with Gasteiger partial charge in [-0.1, -0.05) is 25.1 Å². The van der Waals surface area contributed by atoms with E-state index in [4.69, 9.17) is 4.74 Å². The summed E-state index contributed by atoms with van der Waals surface area (Å²) in [4.78, 5) is 28.9. The van der Waals surface area contributed by atoms with Crippen molar-refractivity contribution in [2.24, 2.45) is 0 Å². The fourth-order valence-corrected chi connectivity index (χ4v) is 3.63. The van der Waals surface area contributed by atoms with Gasteiger partial charge in [-0.2, -0.15) is 0 Å². The number of unbranched alkanes of at least 4 members (excludes halogenated alkanes) is 1. The quantitative estimate of drug-likeness (QED) is 0.424. The van der Waals surface area contributed by atoms with Gasteiger partial charge >= 0.3 is 0 Å². The molecule has 126 valence electrons. The smallest absolute Gasteiger partial charge is 0.272 e. The minimum Gasteiger partial charge on any atom is -0.383 e. The highest BCUT2D eigenvalue weighted by molar-refractivity contribution is 7.99. The van der Waals surface area contributed by atoms with Crippen molar-refractivity contribution in [1.82, 2.24) is 14.9 Å². The molecule has 0 spiro atoms. The normalized spacial score (nSPS) is 11.0. The molecule has 23 heavy (non-hydrogen) atoms. The van der Waals surface area contributed by atoms with Crippen LogP contribution in [0.3, 0.4) is 0 Å². The molecule has 0 atom stereocenters. The first-order valence-electron chi connectivity index (χ1n) is 7.53. The van der Waals surface area contributed by atoms with Gasteiger partial charge in [0.1, 0.15) is 4.70 Å². The Bertz CT molecular complexity index is 712. The maximum atomic E-state index is 12.5. The van der Waals surface area contributed by atoms with Crippen LogP contribution in [-0.2, 0) is 16.1 Å². The Morgan fingerprint density at radius 2 is 2.35 bits per heavy atom. The average Bonchev–Trinajstić information content (AvgIpc) is 3.01. The zero-order valence-corrected chi connectivity index (χ0v) is 15.0. The molecule has 2 aromatic heterocycles. The fraction of sp³-hybridized carbons (Fsp3) is 0.533. The number of nitrogens with one attached hydrogen (secondary N) is 1. The van der Waals surface area contributed by atoms with Crippen molar-refractivity contribution in [2.45, 2.75) is 31.5 Å². The molecule has 0 saturated carbocycles. The third kappa shape index (κ3) is 4.79. The Balaban J connectivity index is 2.14. The van der Waals surface area contributed by atoms with Gasteiger partial charge in [0, 0.05) is 13.7 Å². The molecule has 2 rings (SSSR count). The van der Waals surface area contributed by atoms with E-state index in [-0.39, 0.29) is 17.2 Å². The largest absolute Gasteiger partial charge is 0.383 e. The number of hydrogen-bond acceptors (Lipinski definition) is 6. The number of amides is 1. The highest BCUT2D eigenvalue weighted by Gasteiger charge is 2.13. The minimum absolute atomic E-state index is 0.0404. The molecule has 6 nitrogen and oxygen atoms in total. The van der Waals surface area contributed by atoms with Gasteiger partial charge in [-0.15, -0.1) is 11.3 Å². The van der Waals surface area contributed by atoms with Crippen molar-refractivity contribution in [2.75, 3.05) is 26.0 Å². The van der Waals surface area contributed by atoms with Gasteiger partial charge in [0.05, 0.1) is 24.4 Å². The highest BCUT2D eigenvalue weighted by Crippen LogP contribution is 2.20. The lowest BCUT2D eigenvalue weighted by atomic mass is 10.3. The monoisotopic (exact) mass is 355 g/mol. The van der Waals surface area contributed by atoms with Gasteiger partial charge in [-0.25, -0.2) is 4.98 Å². The van der Waals surface area contributed by atoms with Gasteiger partial charge in [-0.3, -0.25) is 14.2 Å².